The Kier molecular flexibility index (Phi) is 5.67. The molecule has 1 rings (SSSR count). The van der Waals surface area contributed by atoms with Gasteiger partial charge < -0.3 is 9.47 Å². The van der Waals surface area contributed by atoms with Crippen LogP contribution in [0.5, 0.6) is 0 Å². The Balaban J connectivity index is 3.30. The molecule has 0 heterocycles. The Morgan fingerprint density at radius 2 is 1.60 bits per heavy atom. The van der Waals surface area contributed by atoms with Crippen LogP contribution in [0.25, 0.3) is 0 Å². The predicted molar refractivity (Wildman–Crippen MR) is 71.9 cm³/mol. The lowest BCUT2D eigenvalue weighted by Gasteiger charge is -2.17. The number of halogens is 1. The van der Waals surface area contributed by atoms with Crippen molar-refractivity contribution in [1.82, 2.24) is 0 Å². The minimum atomic E-state index is -1.38. The van der Waals surface area contributed by atoms with E-state index in [0.29, 0.717) is 5.56 Å². The summed E-state index contributed by atoms with van der Waals surface area (Å²) in [6.45, 7) is 6.86. The van der Waals surface area contributed by atoms with Gasteiger partial charge in [-0.1, -0.05) is 6.07 Å². The van der Waals surface area contributed by atoms with Crippen LogP contribution in [0.4, 0.5) is 4.39 Å². The van der Waals surface area contributed by atoms with Crippen molar-refractivity contribution < 1.29 is 23.5 Å². The van der Waals surface area contributed by atoms with E-state index in [1.165, 1.54) is 6.07 Å². The normalized spacial score (nSPS) is 10.5. The Morgan fingerprint density at radius 1 is 1.10 bits per heavy atom. The van der Waals surface area contributed by atoms with Gasteiger partial charge in [0.05, 0.1) is 13.2 Å². The third-order valence-electron chi connectivity index (χ3n) is 2.81. The molecule has 0 unspecified atom stereocenters. The van der Waals surface area contributed by atoms with Crippen molar-refractivity contribution in [3.05, 3.63) is 34.6 Å². The Morgan fingerprint density at radius 3 is 2.00 bits per heavy atom. The van der Waals surface area contributed by atoms with Gasteiger partial charge in [0.25, 0.3) is 0 Å². The van der Waals surface area contributed by atoms with Crippen molar-refractivity contribution in [2.45, 2.75) is 33.6 Å². The molecule has 1 aromatic rings. The summed E-state index contributed by atoms with van der Waals surface area (Å²) in [6.07, 6.45) is 0. The van der Waals surface area contributed by atoms with E-state index in [4.69, 9.17) is 9.47 Å². The molecule has 0 aliphatic rings. The second-order valence-electron chi connectivity index (χ2n) is 4.41. The SMILES string of the molecule is CCOC(=O)C(C(=O)OCC)c1c(C)cc(C)cc1F. The first-order valence-electron chi connectivity index (χ1n) is 6.52. The molecule has 4 nitrogen and oxygen atoms in total. The summed E-state index contributed by atoms with van der Waals surface area (Å²) >= 11 is 0. The van der Waals surface area contributed by atoms with Crippen LogP contribution >= 0.6 is 0 Å². The van der Waals surface area contributed by atoms with Gasteiger partial charge in [0, 0.05) is 5.56 Å². The Labute approximate surface area is 117 Å². The van der Waals surface area contributed by atoms with Crippen LogP contribution in [0.2, 0.25) is 0 Å². The average molecular weight is 282 g/mol. The van der Waals surface area contributed by atoms with E-state index >= 15 is 0 Å². The number of ether oxygens (including phenoxy) is 2. The fraction of sp³-hybridized carbons (Fsp3) is 0.467. The van der Waals surface area contributed by atoms with Crippen LogP contribution in [0.1, 0.15) is 36.5 Å². The number of rotatable bonds is 5. The molecule has 0 amide bonds. The number of hydrogen-bond donors (Lipinski definition) is 0. The van der Waals surface area contributed by atoms with Crippen molar-refractivity contribution in [2.24, 2.45) is 0 Å². The van der Waals surface area contributed by atoms with Crippen LogP contribution in [0.3, 0.4) is 0 Å². The summed E-state index contributed by atoms with van der Waals surface area (Å²) in [4.78, 5) is 23.9. The number of benzene rings is 1. The molecule has 0 N–H and O–H groups in total. The number of esters is 2. The first kappa shape index (κ1) is 16.1. The smallest absolute Gasteiger partial charge is 0.325 e. The summed E-state index contributed by atoms with van der Waals surface area (Å²) < 4.78 is 23.9. The second-order valence-corrected chi connectivity index (χ2v) is 4.41. The maximum Gasteiger partial charge on any atom is 0.325 e. The monoisotopic (exact) mass is 282 g/mol. The van der Waals surface area contributed by atoms with Crippen molar-refractivity contribution in [2.75, 3.05) is 13.2 Å². The molecule has 0 aliphatic carbocycles. The van der Waals surface area contributed by atoms with Gasteiger partial charge in [-0.15, -0.1) is 0 Å². The molecule has 0 aliphatic heterocycles. The minimum absolute atomic E-state index is 0.0208. The van der Waals surface area contributed by atoms with Crippen molar-refractivity contribution in [1.29, 1.82) is 0 Å². The lowest BCUT2D eigenvalue weighted by atomic mass is 9.93. The highest BCUT2D eigenvalue weighted by atomic mass is 19.1. The molecule has 0 saturated heterocycles. The summed E-state index contributed by atoms with van der Waals surface area (Å²) in [5.41, 5.74) is 1.26. The minimum Gasteiger partial charge on any atom is -0.465 e. The molecule has 0 aromatic heterocycles. The van der Waals surface area contributed by atoms with E-state index in [-0.39, 0.29) is 18.8 Å². The molecular formula is C15H19FO4. The fourth-order valence-corrected chi connectivity index (χ4v) is 2.08. The molecule has 0 atom stereocenters. The van der Waals surface area contributed by atoms with Gasteiger partial charge >= 0.3 is 11.9 Å². The molecule has 0 spiro atoms. The Bertz CT molecular complexity index is 470. The quantitative estimate of drug-likeness (QED) is 0.615. The van der Waals surface area contributed by atoms with Gasteiger partial charge in [-0.2, -0.15) is 0 Å². The second kappa shape index (κ2) is 7.03. The van der Waals surface area contributed by atoms with E-state index in [2.05, 4.69) is 0 Å². The van der Waals surface area contributed by atoms with Crippen LogP contribution in [0.15, 0.2) is 12.1 Å². The number of aryl methyl sites for hydroxylation is 2. The third kappa shape index (κ3) is 3.56. The molecule has 0 saturated carbocycles. The van der Waals surface area contributed by atoms with Gasteiger partial charge in [-0.25, -0.2) is 4.39 Å². The van der Waals surface area contributed by atoms with Gasteiger partial charge in [-0.05, 0) is 44.9 Å². The van der Waals surface area contributed by atoms with Gasteiger partial charge in [0.1, 0.15) is 5.82 Å². The van der Waals surface area contributed by atoms with E-state index in [0.717, 1.165) is 5.56 Å². The first-order chi connectivity index (χ1) is 9.42. The largest absolute Gasteiger partial charge is 0.465 e. The molecular weight excluding hydrogens is 263 g/mol. The van der Waals surface area contributed by atoms with E-state index in [1.54, 1.807) is 33.8 Å². The number of carbonyl (C=O) groups is 2. The topological polar surface area (TPSA) is 52.6 Å². The van der Waals surface area contributed by atoms with E-state index < -0.39 is 23.7 Å². The van der Waals surface area contributed by atoms with E-state index in [1.807, 2.05) is 0 Å². The molecule has 5 heteroatoms. The van der Waals surface area contributed by atoms with Crippen molar-refractivity contribution >= 4 is 11.9 Å². The summed E-state index contributed by atoms with van der Waals surface area (Å²) in [5.74, 6) is -3.57. The highest BCUT2D eigenvalue weighted by Crippen LogP contribution is 2.27. The average Bonchev–Trinajstić information content (AvgIpc) is 2.33. The lowest BCUT2D eigenvalue weighted by Crippen LogP contribution is -2.27. The molecule has 0 fully saturated rings. The van der Waals surface area contributed by atoms with Crippen LogP contribution in [-0.4, -0.2) is 25.2 Å². The highest BCUT2D eigenvalue weighted by molar-refractivity contribution is 6.01. The lowest BCUT2D eigenvalue weighted by molar-refractivity contribution is -0.157. The Hall–Kier alpha value is -1.91. The molecule has 0 bridgehead atoms. The zero-order valence-corrected chi connectivity index (χ0v) is 12.2. The molecule has 0 radical (unpaired) electrons. The highest BCUT2D eigenvalue weighted by Gasteiger charge is 2.35. The zero-order chi connectivity index (χ0) is 15.3. The van der Waals surface area contributed by atoms with Crippen molar-refractivity contribution in [3.8, 4) is 0 Å². The summed E-state index contributed by atoms with van der Waals surface area (Å²) in [5, 5.41) is 0. The van der Waals surface area contributed by atoms with Gasteiger partial charge in [0.15, 0.2) is 5.92 Å². The van der Waals surface area contributed by atoms with Crippen molar-refractivity contribution in [3.63, 3.8) is 0 Å². The molecule has 20 heavy (non-hydrogen) atoms. The summed E-state index contributed by atoms with van der Waals surface area (Å²) in [7, 11) is 0. The maximum absolute atomic E-state index is 14.1. The van der Waals surface area contributed by atoms with Gasteiger partial charge in [-0.3, -0.25) is 9.59 Å². The third-order valence-corrected chi connectivity index (χ3v) is 2.81. The number of hydrogen-bond acceptors (Lipinski definition) is 4. The predicted octanol–water partition coefficient (Wildman–Crippen LogP) is 2.65. The first-order valence-corrected chi connectivity index (χ1v) is 6.52. The van der Waals surface area contributed by atoms with Gasteiger partial charge in [0.2, 0.25) is 0 Å². The molecule has 110 valence electrons. The van der Waals surface area contributed by atoms with E-state index in [9.17, 15) is 14.0 Å². The van der Waals surface area contributed by atoms with Crippen LogP contribution in [0, 0.1) is 19.7 Å². The standard InChI is InChI=1S/C15H19FO4/c1-5-19-14(17)13(15(18)20-6-2)12-10(4)7-9(3)8-11(12)16/h7-8,13H,5-6H2,1-4H3. The molecule has 1 aromatic carbocycles. The fourth-order valence-electron chi connectivity index (χ4n) is 2.08. The van der Waals surface area contributed by atoms with Crippen LogP contribution in [-0.2, 0) is 19.1 Å². The van der Waals surface area contributed by atoms with Crippen LogP contribution < -0.4 is 0 Å². The maximum atomic E-state index is 14.1. The summed E-state index contributed by atoms with van der Waals surface area (Å²) in [6, 6.07) is 3.00. The number of carbonyl (C=O) groups excluding carboxylic acids is 2. The zero-order valence-electron chi connectivity index (χ0n) is 12.2.